The third kappa shape index (κ3) is 1.39. The maximum absolute atomic E-state index is 10.2. The summed E-state index contributed by atoms with van der Waals surface area (Å²) >= 11 is 0. The molecule has 0 fully saturated rings. The summed E-state index contributed by atoms with van der Waals surface area (Å²) in [5.74, 6) is 2.46. The van der Waals surface area contributed by atoms with Crippen LogP contribution in [0.25, 0.3) is 0 Å². The Morgan fingerprint density at radius 2 is 2.44 bits per heavy atom. The molecule has 0 aromatic carbocycles. The summed E-state index contributed by atoms with van der Waals surface area (Å²) in [7, 11) is 0. The summed E-state index contributed by atoms with van der Waals surface area (Å²) in [6.45, 7) is 1.70. The van der Waals surface area contributed by atoms with Gasteiger partial charge < -0.3 is 0 Å². The van der Waals surface area contributed by atoms with Crippen LogP contribution in [-0.4, -0.2) is 18.0 Å². The number of rotatable bonds is 1. The van der Waals surface area contributed by atoms with E-state index in [2.05, 4.69) is 0 Å². The van der Waals surface area contributed by atoms with Crippen LogP contribution in [-0.2, 0) is 0 Å². The van der Waals surface area contributed by atoms with Crippen molar-refractivity contribution in [2.75, 3.05) is 0 Å². The van der Waals surface area contributed by atoms with Crippen molar-refractivity contribution in [3.05, 3.63) is 29.6 Å². The van der Waals surface area contributed by atoms with Gasteiger partial charge in [-0.1, -0.05) is 0 Å². The van der Waals surface area contributed by atoms with E-state index in [1.54, 1.807) is 31.0 Å². The summed E-state index contributed by atoms with van der Waals surface area (Å²) in [5, 5.41) is 8.38. The van der Waals surface area contributed by atoms with Gasteiger partial charge in [0.25, 0.3) is 0 Å². The van der Waals surface area contributed by atoms with Crippen molar-refractivity contribution in [3.63, 3.8) is 0 Å². The van der Waals surface area contributed by atoms with Crippen molar-refractivity contribution in [2.24, 2.45) is 0 Å². The Bertz CT molecular complexity index is 208. The van der Waals surface area contributed by atoms with Crippen LogP contribution in [0.1, 0.15) is 10.4 Å². The molecule has 0 atom stereocenters. The molecule has 1 aromatic heterocycles. The zero-order valence-electron chi connectivity index (χ0n) is 4.74. The molecule has 1 aromatic rings. The molecule has 9 heavy (non-hydrogen) atoms. The van der Waals surface area contributed by atoms with Crippen molar-refractivity contribution in [1.29, 1.82) is 0 Å². The Kier molecular flexibility index (Phi) is 1.63. The maximum atomic E-state index is 10.2. The normalized spacial score (nSPS) is 8.44. The van der Waals surface area contributed by atoms with Gasteiger partial charge in [0.15, 0.2) is 0 Å². The molecule has 0 aliphatic heterocycles. The number of carboxylic acid groups (broad SMARTS) is 1. The summed E-state index contributed by atoms with van der Waals surface area (Å²) in [5.41, 5.74) is 0.331. The Labute approximate surface area is 53.4 Å². The van der Waals surface area contributed by atoms with E-state index in [-0.39, 0.29) is 0 Å². The van der Waals surface area contributed by atoms with Gasteiger partial charge in [-0.3, -0.25) is 0 Å². The van der Waals surface area contributed by atoms with Gasteiger partial charge in [-0.2, -0.15) is 0 Å². The van der Waals surface area contributed by atoms with Crippen molar-refractivity contribution in [1.82, 2.24) is 0 Å². The SMILES string of the molecule is O=C(O)c1cbccc1. The third-order valence-electron chi connectivity index (χ3n) is 1.02. The number of hydrogen-bond donors (Lipinski definition) is 1. The first kappa shape index (κ1) is 6.01. The second-order valence-corrected chi connectivity index (χ2v) is 1.67. The molecule has 44 valence electrons. The van der Waals surface area contributed by atoms with Crippen LogP contribution in [0.2, 0.25) is 0 Å². The third-order valence-corrected chi connectivity index (χ3v) is 1.02. The Morgan fingerprint density at radius 3 is 2.78 bits per heavy atom. The second kappa shape index (κ2) is 2.44. The molecule has 1 N–H and O–H groups in total. The van der Waals surface area contributed by atoms with Gasteiger partial charge in [0, 0.05) is 0 Å². The summed E-state index contributed by atoms with van der Waals surface area (Å²) < 4.78 is 0. The van der Waals surface area contributed by atoms with E-state index in [0.717, 1.165) is 0 Å². The van der Waals surface area contributed by atoms with E-state index in [0.29, 0.717) is 5.56 Å². The molecule has 3 heteroatoms. The van der Waals surface area contributed by atoms with Crippen LogP contribution in [0, 0.1) is 0 Å². The number of carbonyl (C=O) groups is 1. The first-order valence-corrected chi connectivity index (χ1v) is 2.59. The average Bonchev–Trinajstić information content (AvgIpc) is 1.90. The topological polar surface area (TPSA) is 37.3 Å². The number of hydrogen-bond acceptors (Lipinski definition) is 1. The molecular formula is C6H5BO2. The minimum atomic E-state index is -0.879. The average molecular weight is 120 g/mol. The zero-order valence-corrected chi connectivity index (χ0v) is 4.74. The minimum absolute atomic E-state index is 0.331. The van der Waals surface area contributed by atoms with Gasteiger partial charge in [0.05, 0.1) is 0 Å². The van der Waals surface area contributed by atoms with Crippen molar-refractivity contribution >= 4 is 12.9 Å². The first-order chi connectivity index (χ1) is 4.30. The molecule has 0 saturated heterocycles. The number of carboxylic acids is 1. The fraction of sp³-hybridized carbons (Fsp3) is 0. The van der Waals surface area contributed by atoms with Gasteiger partial charge >= 0.3 is 52.4 Å². The van der Waals surface area contributed by atoms with E-state index in [9.17, 15) is 4.79 Å². The van der Waals surface area contributed by atoms with Gasteiger partial charge in [0.1, 0.15) is 0 Å². The summed E-state index contributed by atoms with van der Waals surface area (Å²) in [6.07, 6.45) is 0. The summed E-state index contributed by atoms with van der Waals surface area (Å²) in [4.78, 5) is 10.2. The van der Waals surface area contributed by atoms with Crippen LogP contribution < -0.4 is 0 Å². The molecule has 0 bridgehead atoms. The summed E-state index contributed by atoms with van der Waals surface area (Å²) in [6, 6.07) is 3.26. The van der Waals surface area contributed by atoms with E-state index in [4.69, 9.17) is 5.11 Å². The molecule has 0 unspecified atom stereocenters. The molecular weight excluding hydrogens is 115 g/mol. The predicted molar refractivity (Wildman–Crippen MR) is 34.7 cm³/mol. The molecule has 1 heterocycles. The van der Waals surface area contributed by atoms with Gasteiger partial charge in [0.2, 0.25) is 0 Å². The molecule has 0 radical (unpaired) electrons. The van der Waals surface area contributed by atoms with Crippen LogP contribution >= 0.6 is 0 Å². The second-order valence-electron chi connectivity index (χ2n) is 1.67. The zero-order chi connectivity index (χ0) is 6.69. The quantitative estimate of drug-likeness (QED) is 0.592. The molecule has 0 spiro atoms. The first-order valence-electron chi connectivity index (χ1n) is 2.59. The standard InChI is InChI=1S/C6H5BO2/c8-6(9)5-2-1-3-7-4-5/h1-4H,(H,8,9). The van der Waals surface area contributed by atoms with Crippen LogP contribution in [0.3, 0.4) is 0 Å². The van der Waals surface area contributed by atoms with Crippen LogP contribution in [0.5, 0.6) is 0 Å². The fourth-order valence-electron chi connectivity index (χ4n) is 0.581. The van der Waals surface area contributed by atoms with Gasteiger partial charge in [-0.05, 0) is 0 Å². The number of aromatic carboxylic acids is 1. The predicted octanol–water partition coefficient (Wildman–Crippen LogP) is 0.723. The van der Waals surface area contributed by atoms with Crippen LogP contribution in [0.15, 0.2) is 24.1 Å². The molecule has 2 nitrogen and oxygen atoms in total. The van der Waals surface area contributed by atoms with Crippen molar-refractivity contribution < 1.29 is 9.90 Å². The fourth-order valence-corrected chi connectivity index (χ4v) is 0.581. The molecule has 0 aliphatic rings. The van der Waals surface area contributed by atoms with Gasteiger partial charge in [-0.25, -0.2) is 0 Å². The van der Waals surface area contributed by atoms with Gasteiger partial charge in [-0.15, -0.1) is 0 Å². The van der Waals surface area contributed by atoms with Crippen molar-refractivity contribution in [3.8, 4) is 0 Å². The van der Waals surface area contributed by atoms with E-state index in [1.165, 1.54) is 0 Å². The van der Waals surface area contributed by atoms with E-state index >= 15 is 0 Å². The Balaban J connectivity index is 2.98. The Morgan fingerprint density at radius 1 is 1.67 bits per heavy atom. The van der Waals surface area contributed by atoms with E-state index in [1.807, 2.05) is 0 Å². The molecule has 0 saturated carbocycles. The van der Waals surface area contributed by atoms with E-state index < -0.39 is 5.97 Å². The molecule has 0 aliphatic carbocycles. The monoisotopic (exact) mass is 120 g/mol. The molecule has 0 amide bonds. The van der Waals surface area contributed by atoms with Crippen LogP contribution in [0.4, 0.5) is 0 Å². The Hall–Kier alpha value is -1.12. The molecule has 1 rings (SSSR count). The van der Waals surface area contributed by atoms with Crippen molar-refractivity contribution in [2.45, 2.75) is 0 Å².